The lowest BCUT2D eigenvalue weighted by Crippen LogP contribution is -2.38. The Hall–Kier alpha value is -3.10. The minimum atomic E-state index is -0.00483. The Morgan fingerprint density at radius 2 is 1.93 bits per heavy atom. The minimum absolute atomic E-state index is 0.00483. The molecule has 3 aromatic rings. The third-order valence-electron chi connectivity index (χ3n) is 5.21. The highest BCUT2D eigenvalue weighted by molar-refractivity contribution is 5.93. The largest absolute Gasteiger partial charge is 0.339 e. The van der Waals surface area contributed by atoms with E-state index in [1.54, 1.807) is 18.6 Å². The maximum atomic E-state index is 12.7. The van der Waals surface area contributed by atoms with E-state index in [1.807, 2.05) is 28.8 Å². The molecule has 0 bridgehead atoms. The average molecular weight is 380 g/mol. The van der Waals surface area contributed by atoms with Crippen LogP contribution in [0.5, 0.6) is 0 Å². The lowest BCUT2D eigenvalue weighted by Gasteiger charge is -2.31. The van der Waals surface area contributed by atoms with E-state index in [9.17, 15) is 4.79 Å². The summed E-state index contributed by atoms with van der Waals surface area (Å²) in [5.41, 5.74) is 0.544. The molecule has 9 heteroatoms. The predicted molar refractivity (Wildman–Crippen MR) is 102 cm³/mol. The zero-order chi connectivity index (χ0) is 19.5. The summed E-state index contributed by atoms with van der Waals surface area (Å²) < 4.78 is 4.03. The second-order valence-electron chi connectivity index (χ2n) is 7.01. The molecule has 0 N–H and O–H groups in total. The molecule has 0 radical (unpaired) electrons. The van der Waals surface area contributed by atoms with E-state index in [4.69, 9.17) is 0 Å². The van der Waals surface area contributed by atoms with Crippen LogP contribution in [0.2, 0.25) is 0 Å². The molecule has 1 aliphatic heterocycles. The number of piperidine rings is 1. The topological polar surface area (TPSA) is 94.6 Å². The van der Waals surface area contributed by atoms with Gasteiger partial charge in [-0.3, -0.25) is 9.48 Å². The van der Waals surface area contributed by atoms with Gasteiger partial charge in [0.05, 0.1) is 5.56 Å². The Kier molecular flexibility index (Phi) is 5.14. The van der Waals surface area contributed by atoms with Crippen LogP contribution in [0, 0.1) is 6.92 Å². The SMILES string of the molecule is CCn1c(Cn2cccn2)nnc1C1CCN(C(=O)c2cnc(C)nc2)CC1. The predicted octanol–water partition coefficient (Wildman–Crippen LogP) is 1.66. The maximum Gasteiger partial charge on any atom is 0.256 e. The molecule has 0 spiro atoms. The van der Waals surface area contributed by atoms with Crippen LogP contribution in [-0.2, 0) is 13.1 Å². The molecule has 1 amide bonds. The van der Waals surface area contributed by atoms with Gasteiger partial charge in [0.25, 0.3) is 5.91 Å². The van der Waals surface area contributed by atoms with Crippen LogP contribution >= 0.6 is 0 Å². The zero-order valence-corrected chi connectivity index (χ0v) is 16.2. The first-order valence-corrected chi connectivity index (χ1v) is 9.63. The van der Waals surface area contributed by atoms with Crippen LogP contribution in [0.4, 0.5) is 0 Å². The highest BCUT2D eigenvalue weighted by Crippen LogP contribution is 2.28. The molecule has 1 saturated heterocycles. The molecule has 3 aromatic heterocycles. The molecular formula is C19H24N8O. The first kappa shape index (κ1) is 18.3. The van der Waals surface area contributed by atoms with E-state index in [0.29, 0.717) is 36.9 Å². The first-order valence-electron chi connectivity index (χ1n) is 9.63. The molecular weight excluding hydrogens is 356 g/mol. The van der Waals surface area contributed by atoms with Gasteiger partial charge < -0.3 is 9.47 Å². The van der Waals surface area contributed by atoms with Crippen LogP contribution in [0.25, 0.3) is 0 Å². The van der Waals surface area contributed by atoms with Gasteiger partial charge in [-0.05, 0) is 32.8 Å². The monoisotopic (exact) mass is 380 g/mol. The standard InChI is InChI=1S/C19H24N8O/c1-3-27-17(13-26-8-4-7-22-26)23-24-18(27)15-5-9-25(10-6-15)19(28)16-11-20-14(2)21-12-16/h4,7-8,11-12,15H,3,5-6,9-10,13H2,1-2H3. The van der Waals surface area contributed by atoms with Gasteiger partial charge in [-0.15, -0.1) is 10.2 Å². The molecule has 4 rings (SSSR count). The third-order valence-corrected chi connectivity index (χ3v) is 5.21. The Labute approximate surface area is 163 Å². The van der Waals surface area contributed by atoms with Gasteiger partial charge in [-0.1, -0.05) is 0 Å². The van der Waals surface area contributed by atoms with Crippen molar-refractivity contribution < 1.29 is 4.79 Å². The van der Waals surface area contributed by atoms with Crippen molar-refractivity contribution in [3.05, 3.63) is 53.9 Å². The molecule has 1 aliphatic rings. The smallest absolute Gasteiger partial charge is 0.256 e. The van der Waals surface area contributed by atoms with E-state index in [1.165, 1.54) is 0 Å². The van der Waals surface area contributed by atoms with Crippen LogP contribution in [0.15, 0.2) is 30.9 Å². The van der Waals surface area contributed by atoms with Gasteiger partial charge in [0.15, 0.2) is 5.82 Å². The number of amides is 1. The number of nitrogens with zero attached hydrogens (tertiary/aromatic N) is 8. The molecule has 0 atom stereocenters. The fourth-order valence-corrected chi connectivity index (χ4v) is 3.68. The van der Waals surface area contributed by atoms with Crippen molar-refractivity contribution in [1.29, 1.82) is 0 Å². The lowest BCUT2D eigenvalue weighted by molar-refractivity contribution is 0.0709. The minimum Gasteiger partial charge on any atom is -0.339 e. The molecule has 9 nitrogen and oxygen atoms in total. The number of hydrogen-bond donors (Lipinski definition) is 0. The van der Waals surface area contributed by atoms with Crippen molar-refractivity contribution in [2.24, 2.45) is 0 Å². The summed E-state index contributed by atoms with van der Waals surface area (Å²) in [4.78, 5) is 22.8. The summed E-state index contributed by atoms with van der Waals surface area (Å²) in [6, 6.07) is 1.90. The van der Waals surface area contributed by atoms with E-state index in [2.05, 4.69) is 36.8 Å². The number of carbonyl (C=O) groups excluding carboxylic acids is 1. The van der Waals surface area contributed by atoms with Crippen LogP contribution in [0.3, 0.4) is 0 Å². The Bertz CT molecular complexity index is 924. The highest BCUT2D eigenvalue weighted by atomic mass is 16.2. The molecule has 0 saturated carbocycles. The van der Waals surface area contributed by atoms with Crippen molar-refractivity contribution in [3.63, 3.8) is 0 Å². The van der Waals surface area contributed by atoms with E-state index in [-0.39, 0.29) is 5.91 Å². The number of likely N-dealkylation sites (tertiary alicyclic amines) is 1. The Balaban J connectivity index is 1.43. The summed E-state index contributed by atoms with van der Waals surface area (Å²) in [5.74, 6) is 2.89. The van der Waals surface area contributed by atoms with E-state index in [0.717, 1.165) is 31.0 Å². The third kappa shape index (κ3) is 3.64. The average Bonchev–Trinajstić information content (AvgIpc) is 3.38. The van der Waals surface area contributed by atoms with Gasteiger partial charge in [0, 0.05) is 50.3 Å². The van der Waals surface area contributed by atoms with Crippen LogP contribution < -0.4 is 0 Å². The van der Waals surface area contributed by atoms with E-state index >= 15 is 0 Å². The van der Waals surface area contributed by atoms with Gasteiger partial charge in [0.2, 0.25) is 0 Å². The van der Waals surface area contributed by atoms with Crippen molar-refractivity contribution in [2.45, 2.75) is 45.7 Å². The van der Waals surface area contributed by atoms with Crippen LogP contribution in [-0.4, -0.2) is 58.4 Å². The molecule has 4 heterocycles. The summed E-state index contributed by atoms with van der Waals surface area (Å²) in [6.45, 7) is 6.74. The molecule has 0 aliphatic carbocycles. The Morgan fingerprint density at radius 3 is 2.57 bits per heavy atom. The van der Waals surface area contributed by atoms with Crippen molar-refractivity contribution in [3.8, 4) is 0 Å². The first-order chi connectivity index (χ1) is 13.7. The van der Waals surface area contributed by atoms with Crippen LogP contribution in [0.1, 0.15) is 53.5 Å². The second-order valence-corrected chi connectivity index (χ2v) is 7.01. The van der Waals surface area contributed by atoms with Crippen molar-refractivity contribution in [1.82, 2.24) is 39.4 Å². The zero-order valence-electron chi connectivity index (χ0n) is 16.2. The number of rotatable bonds is 5. The molecule has 1 fully saturated rings. The highest BCUT2D eigenvalue weighted by Gasteiger charge is 2.28. The summed E-state index contributed by atoms with van der Waals surface area (Å²) in [7, 11) is 0. The van der Waals surface area contributed by atoms with Crippen molar-refractivity contribution >= 4 is 5.91 Å². The number of hydrogen-bond acceptors (Lipinski definition) is 6. The number of aryl methyl sites for hydroxylation is 1. The second kappa shape index (κ2) is 7.87. The summed E-state index contributed by atoms with van der Waals surface area (Å²) in [6.07, 6.45) is 8.64. The number of aromatic nitrogens is 7. The van der Waals surface area contributed by atoms with Gasteiger partial charge in [-0.25, -0.2) is 9.97 Å². The summed E-state index contributed by atoms with van der Waals surface area (Å²) in [5, 5.41) is 13.1. The normalized spacial score (nSPS) is 15.1. The van der Waals surface area contributed by atoms with Gasteiger partial charge in [0.1, 0.15) is 18.2 Å². The van der Waals surface area contributed by atoms with Crippen molar-refractivity contribution in [2.75, 3.05) is 13.1 Å². The summed E-state index contributed by atoms with van der Waals surface area (Å²) >= 11 is 0. The Morgan fingerprint density at radius 1 is 1.18 bits per heavy atom. The molecule has 28 heavy (non-hydrogen) atoms. The van der Waals surface area contributed by atoms with Gasteiger partial charge >= 0.3 is 0 Å². The van der Waals surface area contributed by atoms with Gasteiger partial charge in [-0.2, -0.15) is 5.10 Å². The molecule has 146 valence electrons. The lowest BCUT2D eigenvalue weighted by atomic mass is 9.95. The fourth-order valence-electron chi connectivity index (χ4n) is 3.68. The fraction of sp³-hybridized carbons (Fsp3) is 0.474. The number of carbonyl (C=O) groups is 1. The molecule has 0 unspecified atom stereocenters. The quantitative estimate of drug-likeness (QED) is 0.668. The maximum absolute atomic E-state index is 12.7. The van der Waals surface area contributed by atoms with E-state index < -0.39 is 0 Å². The molecule has 0 aromatic carbocycles.